The molecule has 1 amide bonds. The molecule has 9 heteroatoms. The quantitative estimate of drug-likeness (QED) is 0.490. The van der Waals surface area contributed by atoms with Crippen molar-refractivity contribution in [1.29, 1.82) is 0 Å². The van der Waals surface area contributed by atoms with Gasteiger partial charge in [0.2, 0.25) is 0 Å². The van der Waals surface area contributed by atoms with Gasteiger partial charge in [0.1, 0.15) is 11.4 Å². The van der Waals surface area contributed by atoms with Gasteiger partial charge >= 0.3 is 0 Å². The van der Waals surface area contributed by atoms with Crippen molar-refractivity contribution >= 4 is 23.0 Å². The van der Waals surface area contributed by atoms with Gasteiger partial charge < -0.3 is 20.6 Å². The van der Waals surface area contributed by atoms with Gasteiger partial charge in [0, 0.05) is 27.2 Å². The topological polar surface area (TPSA) is 119 Å². The van der Waals surface area contributed by atoms with Crippen LogP contribution in [0.3, 0.4) is 0 Å². The molecule has 0 radical (unpaired) electrons. The Bertz CT molecular complexity index is 1020. The largest absolute Gasteiger partial charge is 0.505 e. The molecule has 0 aliphatic heterocycles. The van der Waals surface area contributed by atoms with Crippen molar-refractivity contribution in [2.45, 2.75) is 39.7 Å². The van der Waals surface area contributed by atoms with E-state index < -0.39 is 11.1 Å². The first kappa shape index (κ1) is 23.1. The fraction of sp³-hybridized carbons (Fsp3) is 0.476. The van der Waals surface area contributed by atoms with Gasteiger partial charge in [-0.1, -0.05) is 19.9 Å². The standard InChI is InChI=1S/C21H31N5O4/c1-12(2)10-11-13(3)22-16-17(21(30)26(6)24-19(16)28)23-15-9-7-8-14(18(15)27)20(29)25(4)5/h7-9,12-13,22-23,27H,10-11H2,1-6H3,(H,24,28). The van der Waals surface area contributed by atoms with Crippen LogP contribution in [0.5, 0.6) is 5.75 Å². The smallest absolute Gasteiger partial charge is 0.290 e. The first-order valence-corrected chi connectivity index (χ1v) is 9.93. The van der Waals surface area contributed by atoms with Crippen molar-refractivity contribution in [2.24, 2.45) is 13.0 Å². The molecule has 0 fully saturated rings. The number of aryl methyl sites for hydroxylation is 1. The molecule has 0 aliphatic carbocycles. The van der Waals surface area contributed by atoms with Crippen LogP contribution < -0.4 is 21.8 Å². The SMILES string of the molecule is CC(C)CCC(C)Nc1c(Nc2cccc(C(=O)N(C)C)c2O)c(=O)n(C)[nH]c1=O. The number of carbonyl (C=O) groups excluding carboxylic acids is 1. The zero-order valence-corrected chi connectivity index (χ0v) is 18.4. The Morgan fingerprint density at radius 3 is 2.43 bits per heavy atom. The number of phenols is 1. The number of nitrogens with zero attached hydrogens (tertiary/aromatic N) is 2. The second-order valence-electron chi connectivity index (χ2n) is 8.10. The van der Waals surface area contributed by atoms with Crippen molar-refractivity contribution in [1.82, 2.24) is 14.7 Å². The van der Waals surface area contributed by atoms with E-state index in [1.54, 1.807) is 20.2 Å². The maximum Gasteiger partial charge on any atom is 0.290 e. The number of amides is 1. The van der Waals surface area contributed by atoms with Crippen molar-refractivity contribution in [3.05, 3.63) is 44.5 Å². The molecule has 30 heavy (non-hydrogen) atoms. The highest BCUT2D eigenvalue weighted by atomic mass is 16.3. The zero-order valence-electron chi connectivity index (χ0n) is 18.4. The second-order valence-corrected chi connectivity index (χ2v) is 8.10. The predicted octanol–water partition coefficient (Wildman–Crippen LogP) is 2.46. The number of benzene rings is 1. The van der Waals surface area contributed by atoms with Crippen LogP contribution in [0.15, 0.2) is 27.8 Å². The summed E-state index contributed by atoms with van der Waals surface area (Å²) >= 11 is 0. The highest BCUT2D eigenvalue weighted by Gasteiger charge is 2.20. The maximum absolute atomic E-state index is 12.8. The van der Waals surface area contributed by atoms with E-state index in [-0.39, 0.29) is 40.3 Å². The number of hydrogen-bond acceptors (Lipinski definition) is 6. The van der Waals surface area contributed by atoms with Crippen LogP contribution >= 0.6 is 0 Å². The van der Waals surface area contributed by atoms with E-state index in [4.69, 9.17) is 0 Å². The molecule has 0 spiro atoms. The van der Waals surface area contributed by atoms with E-state index in [2.05, 4.69) is 29.6 Å². The van der Waals surface area contributed by atoms with Crippen molar-refractivity contribution in [3.8, 4) is 5.75 Å². The Morgan fingerprint density at radius 2 is 1.83 bits per heavy atom. The van der Waals surface area contributed by atoms with Gasteiger partial charge in [0.05, 0.1) is 11.3 Å². The lowest BCUT2D eigenvalue weighted by Crippen LogP contribution is -2.33. The maximum atomic E-state index is 12.8. The third-order valence-corrected chi connectivity index (χ3v) is 4.76. The predicted molar refractivity (Wildman–Crippen MR) is 119 cm³/mol. The summed E-state index contributed by atoms with van der Waals surface area (Å²) in [5.74, 6) is -0.157. The van der Waals surface area contributed by atoms with Gasteiger partial charge in [0.25, 0.3) is 17.0 Å². The van der Waals surface area contributed by atoms with Gasteiger partial charge in [-0.3, -0.25) is 24.2 Å². The minimum absolute atomic E-state index is 0.00222. The summed E-state index contributed by atoms with van der Waals surface area (Å²) in [4.78, 5) is 39.0. The average molecular weight is 418 g/mol. The van der Waals surface area contributed by atoms with Crippen LogP contribution in [-0.2, 0) is 7.05 Å². The summed E-state index contributed by atoms with van der Waals surface area (Å²) in [5.41, 5.74) is -0.594. The van der Waals surface area contributed by atoms with Crippen LogP contribution in [0.4, 0.5) is 17.1 Å². The molecule has 1 heterocycles. The number of hydrogen-bond donors (Lipinski definition) is 4. The Morgan fingerprint density at radius 1 is 1.17 bits per heavy atom. The summed E-state index contributed by atoms with van der Waals surface area (Å²) in [6, 6.07) is 4.58. The lowest BCUT2D eigenvalue weighted by atomic mass is 10.0. The average Bonchev–Trinajstić information content (AvgIpc) is 2.67. The molecular weight excluding hydrogens is 386 g/mol. The molecule has 9 nitrogen and oxygen atoms in total. The van der Waals surface area contributed by atoms with E-state index in [1.165, 1.54) is 24.1 Å². The summed E-state index contributed by atoms with van der Waals surface area (Å²) in [6.07, 6.45) is 1.79. The van der Waals surface area contributed by atoms with Gasteiger partial charge in [-0.25, -0.2) is 0 Å². The van der Waals surface area contributed by atoms with Crippen LogP contribution in [0.25, 0.3) is 0 Å². The fourth-order valence-corrected chi connectivity index (χ4v) is 3.00. The monoisotopic (exact) mass is 417 g/mol. The molecule has 2 aromatic rings. The third kappa shape index (κ3) is 5.22. The number of nitrogens with one attached hydrogen (secondary N) is 3. The lowest BCUT2D eigenvalue weighted by molar-refractivity contribution is 0.0824. The first-order valence-electron chi connectivity index (χ1n) is 9.93. The van der Waals surface area contributed by atoms with E-state index in [0.29, 0.717) is 5.92 Å². The van der Waals surface area contributed by atoms with Gasteiger partial charge in [-0.05, 0) is 37.8 Å². The summed E-state index contributed by atoms with van der Waals surface area (Å²) < 4.78 is 1.07. The molecule has 0 aliphatic rings. The number of carbonyl (C=O) groups is 1. The zero-order chi connectivity index (χ0) is 22.6. The summed E-state index contributed by atoms with van der Waals surface area (Å²) in [7, 11) is 4.59. The number of para-hydroxylation sites is 1. The highest BCUT2D eigenvalue weighted by molar-refractivity contribution is 5.98. The van der Waals surface area contributed by atoms with Crippen molar-refractivity contribution < 1.29 is 9.90 Å². The summed E-state index contributed by atoms with van der Waals surface area (Å²) in [5, 5.41) is 19.1. The Labute approximate surface area is 175 Å². The molecule has 0 bridgehead atoms. The van der Waals surface area contributed by atoms with Gasteiger partial charge in [-0.15, -0.1) is 0 Å². The molecule has 1 aromatic carbocycles. The molecule has 1 aromatic heterocycles. The van der Waals surface area contributed by atoms with Crippen molar-refractivity contribution in [3.63, 3.8) is 0 Å². The molecular formula is C21H31N5O4. The molecule has 0 saturated carbocycles. The lowest BCUT2D eigenvalue weighted by Gasteiger charge is -2.20. The van der Waals surface area contributed by atoms with Crippen molar-refractivity contribution in [2.75, 3.05) is 24.7 Å². The summed E-state index contributed by atoms with van der Waals surface area (Å²) in [6.45, 7) is 6.18. The first-order chi connectivity index (χ1) is 14.0. The number of aromatic amines is 1. The number of phenolic OH excluding ortho intramolecular Hbond substituents is 1. The number of rotatable bonds is 8. The van der Waals surface area contributed by atoms with Crippen LogP contribution in [0, 0.1) is 5.92 Å². The second kappa shape index (κ2) is 9.51. The van der Waals surface area contributed by atoms with E-state index in [0.717, 1.165) is 17.5 Å². The Hall–Kier alpha value is -3.23. The van der Waals surface area contributed by atoms with Gasteiger partial charge in [0.15, 0.2) is 5.75 Å². The normalized spacial score (nSPS) is 12.0. The molecule has 0 saturated heterocycles. The molecule has 164 valence electrons. The number of aromatic hydroxyl groups is 1. The third-order valence-electron chi connectivity index (χ3n) is 4.76. The number of H-pyrrole nitrogens is 1. The van der Waals surface area contributed by atoms with Crippen LogP contribution in [0.2, 0.25) is 0 Å². The van der Waals surface area contributed by atoms with E-state index >= 15 is 0 Å². The Kier molecular flexibility index (Phi) is 7.31. The molecule has 2 rings (SSSR count). The number of anilines is 3. The minimum Gasteiger partial charge on any atom is -0.505 e. The minimum atomic E-state index is -0.475. The Balaban J connectivity index is 2.47. The van der Waals surface area contributed by atoms with E-state index in [9.17, 15) is 19.5 Å². The number of aromatic nitrogens is 2. The molecule has 4 N–H and O–H groups in total. The molecule has 1 atom stereocenters. The van der Waals surface area contributed by atoms with Gasteiger partial charge in [-0.2, -0.15) is 0 Å². The molecule has 1 unspecified atom stereocenters. The fourth-order valence-electron chi connectivity index (χ4n) is 3.00. The highest BCUT2D eigenvalue weighted by Crippen LogP contribution is 2.31. The van der Waals surface area contributed by atoms with Crippen LogP contribution in [-0.4, -0.2) is 45.8 Å². The van der Waals surface area contributed by atoms with E-state index in [1.807, 2.05) is 6.92 Å². The van der Waals surface area contributed by atoms with Crippen LogP contribution in [0.1, 0.15) is 44.0 Å².